The number of hydrogen-bond acceptors (Lipinski definition) is 4. The number of rotatable bonds is 1. The van der Waals surface area contributed by atoms with Crippen LogP contribution < -0.4 is 10.6 Å². The van der Waals surface area contributed by atoms with Gasteiger partial charge in [0, 0.05) is 13.1 Å². The molecule has 0 aromatic carbocycles. The Balaban J connectivity index is 1.87. The lowest BCUT2D eigenvalue weighted by atomic mass is 9.81. The second kappa shape index (κ2) is 3.89. The summed E-state index contributed by atoms with van der Waals surface area (Å²) in [5.74, 6) is 0. The first-order chi connectivity index (χ1) is 7.41. The fourth-order valence-corrected chi connectivity index (χ4v) is 2.13. The molecule has 0 aliphatic carbocycles. The summed E-state index contributed by atoms with van der Waals surface area (Å²) in [7, 11) is 0. The van der Waals surface area contributed by atoms with E-state index in [0.29, 0.717) is 0 Å². The van der Waals surface area contributed by atoms with Crippen LogP contribution in [0.1, 0.15) is 20.8 Å². The van der Waals surface area contributed by atoms with Gasteiger partial charge in [-0.3, -0.25) is 0 Å². The highest BCUT2D eigenvalue weighted by atomic mass is 16.6. The van der Waals surface area contributed by atoms with Gasteiger partial charge in [-0.15, -0.1) is 0 Å². The first-order valence-electron chi connectivity index (χ1n) is 5.69. The van der Waals surface area contributed by atoms with E-state index in [9.17, 15) is 4.79 Å². The largest absolute Gasteiger partial charge is 0.444 e. The summed E-state index contributed by atoms with van der Waals surface area (Å²) in [6, 6.07) is 0.121. The minimum absolute atomic E-state index is 0.0942. The molecule has 5 nitrogen and oxygen atoms in total. The average molecular weight is 228 g/mol. The van der Waals surface area contributed by atoms with E-state index in [-0.39, 0.29) is 17.6 Å². The zero-order valence-corrected chi connectivity index (χ0v) is 10.1. The number of ether oxygens (including phenoxy) is 2. The summed E-state index contributed by atoms with van der Waals surface area (Å²) in [4.78, 5) is 11.6. The van der Waals surface area contributed by atoms with Crippen LogP contribution in [0.5, 0.6) is 0 Å². The molecule has 0 saturated carbocycles. The summed E-state index contributed by atoms with van der Waals surface area (Å²) in [5, 5.41) is 6.21. The Morgan fingerprint density at radius 2 is 2.19 bits per heavy atom. The summed E-state index contributed by atoms with van der Waals surface area (Å²) in [6.07, 6.45) is -0.340. The first kappa shape index (κ1) is 11.7. The second-order valence-corrected chi connectivity index (χ2v) is 5.68. The molecule has 0 aromatic heterocycles. The van der Waals surface area contributed by atoms with E-state index in [1.165, 1.54) is 0 Å². The molecule has 2 aliphatic heterocycles. The molecular weight excluding hydrogens is 208 g/mol. The predicted molar refractivity (Wildman–Crippen MR) is 59.3 cm³/mol. The summed E-state index contributed by atoms with van der Waals surface area (Å²) < 4.78 is 10.5. The maximum Gasteiger partial charge on any atom is 0.407 e. The number of amides is 1. The standard InChI is InChI=1S/C11H20N2O3/c1-10(2,3)16-9(14)13-8-4-12-5-11(8)6-15-7-11/h8,12H,4-7H2,1-3H3,(H,13,14)/t8-/m0/s1. The van der Waals surface area contributed by atoms with Crippen molar-refractivity contribution < 1.29 is 14.3 Å². The SMILES string of the molecule is CC(C)(C)OC(=O)N[C@H]1CNCC12COC2. The van der Waals surface area contributed by atoms with Crippen LogP contribution in [-0.2, 0) is 9.47 Å². The molecular formula is C11H20N2O3. The van der Waals surface area contributed by atoms with Gasteiger partial charge in [-0.25, -0.2) is 4.79 Å². The molecule has 2 rings (SSSR count). The third kappa shape index (κ3) is 2.30. The second-order valence-electron chi connectivity index (χ2n) is 5.68. The molecule has 5 heteroatoms. The normalized spacial score (nSPS) is 27.6. The van der Waals surface area contributed by atoms with Crippen molar-refractivity contribution >= 4 is 6.09 Å². The third-order valence-corrected chi connectivity index (χ3v) is 3.03. The molecule has 16 heavy (non-hydrogen) atoms. The van der Waals surface area contributed by atoms with Crippen molar-refractivity contribution in [2.45, 2.75) is 32.4 Å². The van der Waals surface area contributed by atoms with Gasteiger partial charge in [0.25, 0.3) is 0 Å². The van der Waals surface area contributed by atoms with Crippen LogP contribution in [0.3, 0.4) is 0 Å². The van der Waals surface area contributed by atoms with Crippen molar-refractivity contribution in [2.24, 2.45) is 5.41 Å². The van der Waals surface area contributed by atoms with Crippen LogP contribution in [-0.4, -0.2) is 44.0 Å². The molecule has 0 unspecified atom stereocenters. The number of carbonyl (C=O) groups excluding carboxylic acids is 1. The van der Waals surface area contributed by atoms with E-state index in [0.717, 1.165) is 26.3 Å². The predicted octanol–water partition coefficient (Wildman–Crippen LogP) is 0.500. The number of hydrogen-bond donors (Lipinski definition) is 2. The quantitative estimate of drug-likeness (QED) is 0.686. The molecule has 2 N–H and O–H groups in total. The Kier molecular flexibility index (Phi) is 2.84. The Hall–Kier alpha value is -0.810. The molecule has 2 heterocycles. The lowest BCUT2D eigenvalue weighted by Crippen LogP contribution is -2.58. The topological polar surface area (TPSA) is 59.6 Å². The van der Waals surface area contributed by atoms with E-state index in [4.69, 9.17) is 9.47 Å². The van der Waals surface area contributed by atoms with Crippen LogP contribution in [0.25, 0.3) is 0 Å². The molecule has 2 saturated heterocycles. The van der Waals surface area contributed by atoms with Gasteiger partial charge in [0.2, 0.25) is 0 Å². The van der Waals surface area contributed by atoms with Gasteiger partial charge >= 0.3 is 6.09 Å². The average Bonchev–Trinajstić information content (AvgIpc) is 2.42. The summed E-state index contributed by atoms with van der Waals surface area (Å²) in [5.41, 5.74) is -0.351. The van der Waals surface area contributed by atoms with Gasteiger partial charge in [0.15, 0.2) is 0 Å². The van der Waals surface area contributed by atoms with Gasteiger partial charge in [0.05, 0.1) is 24.7 Å². The van der Waals surface area contributed by atoms with Gasteiger partial charge in [-0.2, -0.15) is 0 Å². The minimum Gasteiger partial charge on any atom is -0.444 e. The van der Waals surface area contributed by atoms with E-state index in [1.54, 1.807) is 0 Å². The van der Waals surface area contributed by atoms with Gasteiger partial charge in [0.1, 0.15) is 5.60 Å². The molecule has 2 fully saturated rings. The van der Waals surface area contributed by atoms with Gasteiger partial charge in [-0.1, -0.05) is 0 Å². The van der Waals surface area contributed by atoms with Crippen LogP contribution >= 0.6 is 0 Å². The number of nitrogens with one attached hydrogen (secondary N) is 2. The number of carbonyl (C=O) groups is 1. The highest BCUT2D eigenvalue weighted by molar-refractivity contribution is 5.68. The van der Waals surface area contributed by atoms with E-state index >= 15 is 0 Å². The van der Waals surface area contributed by atoms with Crippen molar-refractivity contribution in [2.75, 3.05) is 26.3 Å². The molecule has 92 valence electrons. The van der Waals surface area contributed by atoms with E-state index in [1.807, 2.05) is 20.8 Å². The smallest absolute Gasteiger partial charge is 0.407 e. The monoisotopic (exact) mass is 228 g/mol. The van der Waals surface area contributed by atoms with Crippen molar-refractivity contribution in [3.8, 4) is 0 Å². The van der Waals surface area contributed by atoms with Gasteiger partial charge < -0.3 is 20.1 Å². The van der Waals surface area contributed by atoms with Crippen molar-refractivity contribution in [3.05, 3.63) is 0 Å². The number of alkyl carbamates (subject to hydrolysis) is 1. The van der Waals surface area contributed by atoms with Crippen LogP contribution in [0.2, 0.25) is 0 Å². The zero-order valence-electron chi connectivity index (χ0n) is 10.1. The maximum absolute atomic E-state index is 11.6. The van der Waals surface area contributed by atoms with Gasteiger partial charge in [-0.05, 0) is 20.8 Å². The Bertz CT molecular complexity index is 281. The summed E-state index contributed by atoms with van der Waals surface area (Å²) >= 11 is 0. The zero-order chi connectivity index (χ0) is 11.8. The fraction of sp³-hybridized carbons (Fsp3) is 0.909. The Morgan fingerprint density at radius 3 is 2.69 bits per heavy atom. The fourth-order valence-electron chi connectivity index (χ4n) is 2.13. The summed E-state index contributed by atoms with van der Waals surface area (Å²) in [6.45, 7) is 8.74. The van der Waals surface area contributed by atoms with Crippen LogP contribution in [0, 0.1) is 5.41 Å². The van der Waals surface area contributed by atoms with Crippen molar-refractivity contribution in [3.63, 3.8) is 0 Å². The first-order valence-corrected chi connectivity index (χ1v) is 5.69. The van der Waals surface area contributed by atoms with E-state index < -0.39 is 5.60 Å². The molecule has 2 aliphatic rings. The van der Waals surface area contributed by atoms with Crippen LogP contribution in [0.15, 0.2) is 0 Å². The highest BCUT2D eigenvalue weighted by Crippen LogP contribution is 2.34. The third-order valence-electron chi connectivity index (χ3n) is 3.03. The molecule has 0 radical (unpaired) electrons. The minimum atomic E-state index is -0.445. The Labute approximate surface area is 95.9 Å². The maximum atomic E-state index is 11.6. The molecule has 0 bridgehead atoms. The molecule has 1 spiro atoms. The van der Waals surface area contributed by atoms with E-state index in [2.05, 4.69) is 10.6 Å². The van der Waals surface area contributed by atoms with Crippen molar-refractivity contribution in [1.82, 2.24) is 10.6 Å². The Morgan fingerprint density at radius 1 is 1.50 bits per heavy atom. The van der Waals surface area contributed by atoms with Crippen LogP contribution in [0.4, 0.5) is 4.79 Å². The molecule has 0 aromatic rings. The molecule has 1 atom stereocenters. The lowest BCUT2D eigenvalue weighted by molar-refractivity contribution is -0.112. The van der Waals surface area contributed by atoms with Crippen molar-refractivity contribution in [1.29, 1.82) is 0 Å². The lowest BCUT2D eigenvalue weighted by Gasteiger charge is -2.42. The molecule has 1 amide bonds. The highest BCUT2D eigenvalue weighted by Gasteiger charge is 2.49.